The number of hydrogen-bond donors (Lipinski definition) is 2. The first-order valence-electron chi connectivity index (χ1n) is 8.70. The monoisotopic (exact) mass is 477 g/mol. The second-order valence-corrected chi connectivity index (χ2v) is 10.6. The van der Waals surface area contributed by atoms with Gasteiger partial charge in [0.25, 0.3) is 0 Å². The zero-order valence-electron chi connectivity index (χ0n) is 16.5. The van der Waals surface area contributed by atoms with Crippen molar-refractivity contribution in [3.8, 4) is 17.9 Å². The molecule has 3 rings (SSSR count). The van der Waals surface area contributed by atoms with Crippen molar-refractivity contribution in [2.24, 2.45) is 5.90 Å². The molecule has 0 aliphatic heterocycles. The summed E-state index contributed by atoms with van der Waals surface area (Å²) in [6, 6.07) is 13.1. The summed E-state index contributed by atoms with van der Waals surface area (Å²) < 4.78 is 40.8. The SMILES string of the molecule is CN(C)c1ccc2cc(SNCP(=O)(ON)Oc3ccc(C#N)c(F)c3)sc2c1C#N. The summed E-state index contributed by atoms with van der Waals surface area (Å²) in [6.07, 6.45) is -0.266. The summed E-state index contributed by atoms with van der Waals surface area (Å²) in [5, 5.41) is 19.3. The normalized spacial score (nSPS) is 12.7. The van der Waals surface area contributed by atoms with Crippen LogP contribution in [0.3, 0.4) is 0 Å². The molecule has 1 aromatic heterocycles. The van der Waals surface area contributed by atoms with Crippen LogP contribution in [0, 0.1) is 28.5 Å². The molecular formula is C19H17FN5O3PS2. The molecule has 160 valence electrons. The van der Waals surface area contributed by atoms with Gasteiger partial charge in [0.05, 0.1) is 25.7 Å². The van der Waals surface area contributed by atoms with Crippen LogP contribution >= 0.6 is 30.9 Å². The van der Waals surface area contributed by atoms with Crippen molar-refractivity contribution in [1.29, 1.82) is 10.5 Å². The fourth-order valence-electron chi connectivity index (χ4n) is 2.68. The molecule has 0 fully saturated rings. The van der Waals surface area contributed by atoms with Crippen LogP contribution in [0.5, 0.6) is 5.75 Å². The topological polar surface area (TPSA) is 124 Å². The van der Waals surface area contributed by atoms with Gasteiger partial charge in [-0.05, 0) is 41.6 Å². The molecule has 3 aromatic rings. The van der Waals surface area contributed by atoms with E-state index in [1.54, 1.807) is 6.07 Å². The summed E-state index contributed by atoms with van der Waals surface area (Å²) in [7, 11) is -0.0875. The number of rotatable bonds is 8. The molecule has 2 aromatic carbocycles. The van der Waals surface area contributed by atoms with Crippen molar-refractivity contribution in [2.45, 2.75) is 4.21 Å². The van der Waals surface area contributed by atoms with Gasteiger partial charge in [-0.15, -0.1) is 11.3 Å². The number of thiophene rings is 1. The Hall–Kier alpha value is -2.63. The first-order valence-corrected chi connectivity index (χ1v) is 12.1. The maximum Gasteiger partial charge on any atom is 0.409 e. The van der Waals surface area contributed by atoms with Crippen molar-refractivity contribution in [1.82, 2.24) is 4.72 Å². The Morgan fingerprint density at radius 2 is 2.03 bits per heavy atom. The minimum absolute atomic E-state index is 0.0752. The van der Waals surface area contributed by atoms with Crippen LogP contribution in [-0.4, -0.2) is 20.4 Å². The molecule has 1 heterocycles. The van der Waals surface area contributed by atoms with E-state index in [0.29, 0.717) is 5.56 Å². The van der Waals surface area contributed by atoms with Gasteiger partial charge >= 0.3 is 7.60 Å². The summed E-state index contributed by atoms with van der Waals surface area (Å²) in [5.74, 6) is 4.27. The Morgan fingerprint density at radius 1 is 1.26 bits per heavy atom. The molecule has 0 bridgehead atoms. The smallest absolute Gasteiger partial charge is 0.409 e. The van der Waals surface area contributed by atoms with Crippen molar-refractivity contribution < 1.29 is 18.1 Å². The number of hydrogen-bond acceptors (Lipinski definition) is 10. The molecule has 8 nitrogen and oxygen atoms in total. The van der Waals surface area contributed by atoms with Crippen molar-refractivity contribution >= 4 is 46.7 Å². The highest BCUT2D eigenvalue weighted by Crippen LogP contribution is 2.46. The standard InChI is InChI=1S/C19H17FN5O3PS2/c1-25(2)17-6-4-12-7-18(30-19(12)15(17)10-22)31-24-11-29(26,28-23)27-14-5-3-13(9-21)16(20)8-14/h3-8,24H,11,23H2,1-2H3. The summed E-state index contributed by atoms with van der Waals surface area (Å²) in [4.78, 5) is 1.88. The van der Waals surface area contributed by atoms with Crippen molar-refractivity contribution in [2.75, 3.05) is 25.3 Å². The molecule has 3 N–H and O–H groups in total. The van der Waals surface area contributed by atoms with Gasteiger partial charge in [0, 0.05) is 20.2 Å². The van der Waals surface area contributed by atoms with Crippen LogP contribution in [0.15, 0.2) is 40.6 Å². The van der Waals surface area contributed by atoms with Crippen LogP contribution in [-0.2, 0) is 9.19 Å². The lowest BCUT2D eigenvalue weighted by atomic mass is 10.1. The van der Waals surface area contributed by atoms with Gasteiger partial charge in [0.2, 0.25) is 0 Å². The van der Waals surface area contributed by atoms with E-state index in [1.165, 1.54) is 35.4 Å². The van der Waals surface area contributed by atoms with Gasteiger partial charge in [-0.25, -0.2) is 24.2 Å². The third kappa shape index (κ3) is 5.17. The van der Waals surface area contributed by atoms with E-state index in [-0.39, 0.29) is 17.6 Å². The van der Waals surface area contributed by atoms with Gasteiger partial charge in [0.15, 0.2) is 0 Å². The van der Waals surface area contributed by atoms with E-state index in [2.05, 4.69) is 15.4 Å². The van der Waals surface area contributed by atoms with Crippen LogP contribution in [0.25, 0.3) is 10.1 Å². The molecule has 1 atom stereocenters. The van der Waals surface area contributed by atoms with Crippen molar-refractivity contribution in [3.05, 3.63) is 53.3 Å². The predicted molar refractivity (Wildman–Crippen MR) is 119 cm³/mol. The number of nitrogens with two attached hydrogens (primary N) is 1. The zero-order valence-corrected chi connectivity index (χ0v) is 19.0. The Balaban J connectivity index is 1.71. The summed E-state index contributed by atoms with van der Waals surface area (Å²) >= 11 is 2.60. The molecule has 1 unspecified atom stereocenters. The van der Waals surface area contributed by atoms with Gasteiger partial charge in [-0.1, -0.05) is 6.07 Å². The molecule has 0 aliphatic rings. The van der Waals surface area contributed by atoms with E-state index in [9.17, 15) is 14.2 Å². The quantitative estimate of drug-likeness (QED) is 0.273. The maximum absolute atomic E-state index is 13.7. The Morgan fingerprint density at radius 3 is 2.65 bits per heavy atom. The lowest BCUT2D eigenvalue weighted by molar-refractivity contribution is 0.273. The average molecular weight is 477 g/mol. The Kier molecular flexibility index (Phi) is 7.19. The molecule has 12 heteroatoms. The Bertz CT molecular complexity index is 1250. The van der Waals surface area contributed by atoms with Crippen LogP contribution in [0.2, 0.25) is 0 Å². The average Bonchev–Trinajstić information content (AvgIpc) is 3.16. The second-order valence-electron chi connectivity index (χ2n) is 6.42. The highest BCUT2D eigenvalue weighted by Gasteiger charge is 2.26. The molecule has 0 amide bonds. The third-order valence-corrected chi connectivity index (χ3v) is 7.77. The first-order chi connectivity index (χ1) is 14.8. The minimum atomic E-state index is -3.83. The largest absolute Gasteiger partial charge is 0.423 e. The molecule has 0 aliphatic carbocycles. The van der Waals surface area contributed by atoms with Gasteiger partial charge in [-0.2, -0.15) is 10.5 Å². The van der Waals surface area contributed by atoms with E-state index >= 15 is 0 Å². The molecule has 0 saturated carbocycles. The number of anilines is 1. The fourth-order valence-corrected chi connectivity index (χ4v) is 5.99. The lowest BCUT2D eigenvalue weighted by Crippen LogP contribution is -2.14. The van der Waals surface area contributed by atoms with E-state index in [1.807, 2.05) is 37.2 Å². The minimum Gasteiger partial charge on any atom is -0.423 e. The van der Waals surface area contributed by atoms with Crippen molar-refractivity contribution in [3.63, 3.8) is 0 Å². The first kappa shape index (κ1) is 23.0. The zero-order chi connectivity index (χ0) is 22.6. The number of fused-ring (bicyclic) bond motifs is 1. The second kappa shape index (κ2) is 9.67. The molecule has 0 saturated heterocycles. The lowest BCUT2D eigenvalue weighted by Gasteiger charge is -2.16. The fraction of sp³-hybridized carbons (Fsp3) is 0.158. The van der Waals surface area contributed by atoms with E-state index in [4.69, 9.17) is 15.7 Å². The number of nitriles is 2. The summed E-state index contributed by atoms with van der Waals surface area (Å²) in [5.41, 5.74) is 1.25. The number of nitrogens with one attached hydrogen (secondary N) is 1. The van der Waals surface area contributed by atoms with Crippen LogP contribution in [0.4, 0.5) is 10.1 Å². The van der Waals surface area contributed by atoms with Gasteiger partial charge < -0.3 is 9.42 Å². The molecule has 0 radical (unpaired) electrons. The molecule has 0 spiro atoms. The molecule has 31 heavy (non-hydrogen) atoms. The summed E-state index contributed by atoms with van der Waals surface area (Å²) in [6.45, 7) is 0. The van der Waals surface area contributed by atoms with E-state index in [0.717, 1.165) is 26.0 Å². The molecular weight excluding hydrogens is 460 g/mol. The van der Waals surface area contributed by atoms with E-state index < -0.39 is 13.4 Å². The van der Waals surface area contributed by atoms with Gasteiger partial charge in [0.1, 0.15) is 30.0 Å². The predicted octanol–water partition coefficient (Wildman–Crippen LogP) is 4.57. The maximum atomic E-state index is 13.7. The van der Waals surface area contributed by atoms with Gasteiger partial charge in [-0.3, -0.25) is 0 Å². The van der Waals surface area contributed by atoms with Crippen LogP contribution < -0.4 is 20.0 Å². The van der Waals surface area contributed by atoms with Crippen LogP contribution in [0.1, 0.15) is 11.1 Å². The Labute approximate surface area is 186 Å². The number of benzene rings is 2. The highest BCUT2D eigenvalue weighted by molar-refractivity contribution is 7.99. The third-order valence-electron chi connectivity index (χ3n) is 4.13. The number of halogens is 1. The number of nitrogens with zero attached hydrogens (tertiary/aromatic N) is 3. The highest BCUT2D eigenvalue weighted by atomic mass is 32.2.